The van der Waals surface area contributed by atoms with E-state index in [9.17, 15) is 9.90 Å². The second kappa shape index (κ2) is 10.2. The van der Waals surface area contributed by atoms with Crippen LogP contribution in [0.3, 0.4) is 0 Å². The van der Waals surface area contributed by atoms with Crippen molar-refractivity contribution in [3.63, 3.8) is 0 Å². The van der Waals surface area contributed by atoms with Gasteiger partial charge in [-0.3, -0.25) is 4.79 Å². The molecule has 4 rings (SSSR count). The van der Waals surface area contributed by atoms with E-state index in [2.05, 4.69) is 15.9 Å². The van der Waals surface area contributed by atoms with Gasteiger partial charge >= 0.3 is 0 Å². The van der Waals surface area contributed by atoms with Crippen molar-refractivity contribution < 1.29 is 14.6 Å². The minimum absolute atomic E-state index is 0.0454. The van der Waals surface area contributed by atoms with E-state index in [0.717, 1.165) is 11.3 Å². The van der Waals surface area contributed by atoms with Crippen LogP contribution in [-0.2, 0) is 4.79 Å². The molecular weight excluding hydrogens is 486 g/mol. The molecule has 1 unspecified atom stereocenters. The zero-order chi connectivity index (χ0) is 23.4. The maximum absolute atomic E-state index is 12.3. The summed E-state index contributed by atoms with van der Waals surface area (Å²) >= 11 is 3.28. The van der Waals surface area contributed by atoms with Gasteiger partial charge in [0.2, 0.25) is 5.91 Å². The van der Waals surface area contributed by atoms with Gasteiger partial charge < -0.3 is 26.2 Å². The van der Waals surface area contributed by atoms with E-state index in [1.807, 2.05) is 54.6 Å². The van der Waals surface area contributed by atoms with Gasteiger partial charge in [-0.15, -0.1) is 0 Å². The van der Waals surface area contributed by atoms with Crippen molar-refractivity contribution in [1.29, 1.82) is 0 Å². The van der Waals surface area contributed by atoms with E-state index in [-0.39, 0.29) is 11.9 Å². The maximum Gasteiger partial charge on any atom is 0.246 e. The third-order valence-corrected chi connectivity index (χ3v) is 5.93. The Labute approximate surface area is 200 Å². The maximum atomic E-state index is 12.3. The zero-order valence-corrected chi connectivity index (χ0v) is 19.6. The molecule has 0 spiro atoms. The number of alkyl halides is 1. The Morgan fingerprint density at radius 3 is 2.58 bits per heavy atom. The number of hydrogen-bond acceptors (Lipinski definition) is 6. The first-order valence-electron chi connectivity index (χ1n) is 10.6. The fourth-order valence-electron chi connectivity index (χ4n) is 3.94. The number of allylic oxidation sites excluding steroid dienone is 1. The molecule has 1 aliphatic heterocycles. The third kappa shape index (κ3) is 5.11. The minimum atomic E-state index is -1.28. The van der Waals surface area contributed by atoms with Crippen LogP contribution in [0.5, 0.6) is 11.5 Å². The number of halogens is 1. The third-order valence-electron chi connectivity index (χ3n) is 5.56. The fraction of sp³-hybridized carbons (Fsp3) is 0.250. The summed E-state index contributed by atoms with van der Waals surface area (Å²) in [4.78, 5) is 14.1. The normalized spacial score (nSPS) is 16.9. The van der Waals surface area contributed by atoms with Crippen LogP contribution in [-0.4, -0.2) is 44.1 Å². The molecule has 0 bridgehead atoms. The zero-order valence-electron chi connectivity index (χ0n) is 18.0. The molecule has 8 nitrogen and oxygen atoms in total. The first-order valence-corrected chi connectivity index (χ1v) is 11.8. The van der Waals surface area contributed by atoms with Gasteiger partial charge in [-0.1, -0.05) is 40.2 Å². The highest BCUT2D eigenvalue weighted by molar-refractivity contribution is 9.09. The van der Waals surface area contributed by atoms with Crippen LogP contribution >= 0.6 is 15.9 Å². The number of nitrogen functional groups attached to an aromatic ring is 1. The lowest BCUT2D eigenvalue weighted by Gasteiger charge is -2.16. The number of rotatable bonds is 7. The quantitative estimate of drug-likeness (QED) is 0.253. The number of nitrogens with two attached hydrogens (primary N) is 2. The predicted molar refractivity (Wildman–Crippen MR) is 131 cm³/mol. The molecule has 1 amide bonds. The average Bonchev–Trinajstić information content (AvgIpc) is 3.43. The minimum Gasteiger partial charge on any atom is -0.457 e. The molecule has 5 N–H and O–H groups in total. The average molecular weight is 512 g/mol. The number of nitrogens with zero attached hydrogens (tertiary/aromatic N) is 3. The molecule has 2 aromatic carbocycles. The lowest BCUT2D eigenvalue weighted by molar-refractivity contribution is -0.125. The molecule has 172 valence electrons. The summed E-state index contributed by atoms with van der Waals surface area (Å²) in [5.41, 5.74) is 13.9. The molecule has 33 heavy (non-hydrogen) atoms. The van der Waals surface area contributed by atoms with Crippen molar-refractivity contribution in [2.24, 2.45) is 5.73 Å². The van der Waals surface area contributed by atoms with Gasteiger partial charge in [0, 0.05) is 24.0 Å². The summed E-state index contributed by atoms with van der Waals surface area (Å²) in [6, 6.07) is 16.8. The molecular formula is C24H26BrN5O3. The highest BCUT2D eigenvalue weighted by Crippen LogP contribution is 2.35. The van der Waals surface area contributed by atoms with Crippen LogP contribution in [0.25, 0.3) is 11.3 Å². The summed E-state index contributed by atoms with van der Waals surface area (Å²) in [5.74, 6) is 1.67. The van der Waals surface area contributed by atoms with Crippen LogP contribution in [0.4, 0.5) is 5.82 Å². The van der Waals surface area contributed by atoms with E-state index < -0.39 is 6.23 Å². The fourth-order valence-corrected chi connectivity index (χ4v) is 4.13. The molecule has 1 saturated heterocycles. The van der Waals surface area contributed by atoms with Crippen LogP contribution in [0.2, 0.25) is 0 Å². The van der Waals surface area contributed by atoms with Crippen LogP contribution in [0.1, 0.15) is 24.3 Å². The van der Waals surface area contributed by atoms with Crippen LogP contribution in [0.15, 0.2) is 66.7 Å². The van der Waals surface area contributed by atoms with Crippen LogP contribution in [0, 0.1) is 0 Å². The molecule has 1 aromatic heterocycles. The number of ether oxygens (including phenoxy) is 1. The van der Waals surface area contributed by atoms with Crippen molar-refractivity contribution in [2.75, 3.05) is 24.2 Å². The smallest absolute Gasteiger partial charge is 0.246 e. The van der Waals surface area contributed by atoms with Gasteiger partial charge in [-0.05, 0) is 48.9 Å². The van der Waals surface area contributed by atoms with Gasteiger partial charge in [-0.25, -0.2) is 4.68 Å². The molecule has 2 heterocycles. The Kier molecular flexibility index (Phi) is 7.12. The molecule has 1 aliphatic rings. The number of likely N-dealkylation sites (tertiary alicyclic amines) is 1. The number of benzene rings is 2. The van der Waals surface area contributed by atoms with Crippen molar-refractivity contribution in [2.45, 2.75) is 18.7 Å². The van der Waals surface area contributed by atoms with Gasteiger partial charge in [0.05, 0.1) is 11.6 Å². The first kappa shape index (κ1) is 23.0. The number of para-hydroxylation sites is 1. The highest BCUT2D eigenvalue weighted by Gasteiger charge is 2.31. The molecule has 0 saturated carbocycles. The van der Waals surface area contributed by atoms with Crippen molar-refractivity contribution in [1.82, 2.24) is 14.7 Å². The second-order valence-electron chi connectivity index (χ2n) is 7.76. The Balaban J connectivity index is 1.58. The summed E-state index contributed by atoms with van der Waals surface area (Å²) < 4.78 is 7.53. The number of carbonyl (C=O) groups is 1. The van der Waals surface area contributed by atoms with Gasteiger partial charge in [0.15, 0.2) is 0 Å². The Hall–Kier alpha value is -3.14. The SMILES string of the molecule is Nc1c(C(N)O)c(-c2ccc(Oc3ccccc3)cc2)nn1[C@@H]1CCN(C(=O)/C=C/CBr)C1. The van der Waals surface area contributed by atoms with E-state index >= 15 is 0 Å². The van der Waals surface area contributed by atoms with E-state index in [1.54, 1.807) is 21.7 Å². The molecule has 0 aliphatic carbocycles. The first-order chi connectivity index (χ1) is 16.0. The Bertz CT molecular complexity index is 1130. The second-order valence-corrected chi connectivity index (χ2v) is 8.41. The van der Waals surface area contributed by atoms with Gasteiger partial charge in [0.1, 0.15) is 29.2 Å². The van der Waals surface area contributed by atoms with Crippen molar-refractivity contribution >= 4 is 27.7 Å². The Morgan fingerprint density at radius 1 is 1.21 bits per heavy atom. The van der Waals surface area contributed by atoms with Gasteiger partial charge in [0.25, 0.3) is 0 Å². The van der Waals surface area contributed by atoms with Gasteiger partial charge in [-0.2, -0.15) is 5.10 Å². The summed E-state index contributed by atoms with van der Waals surface area (Å²) in [5, 5.41) is 15.6. The Morgan fingerprint density at radius 2 is 1.91 bits per heavy atom. The summed E-state index contributed by atoms with van der Waals surface area (Å²) in [6.45, 7) is 1.09. The monoisotopic (exact) mass is 511 g/mol. The highest BCUT2D eigenvalue weighted by atomic mass is 79.9. The standard InChI is InChI=1S/C24H26BrN5O3/c25-13-4-7-20(31)29-14-12-17(15-29)30-23(26)21(24(27)32)22(28-30)16-8-10-19(11-9-16)33-18-5-2-1-3-6-18/h1-11,17,24,32H,12-15,26-27H2/b7-4+/t17-,24?/m1/s1. The van der Waals surface area contributed by atoms with E-state index in [4.69, 9.17) is 21.3 Å². The number of carbonyl (C=O) groups excluding carboxylic acids is 1. The summed E-state index contributed by atoms with van der Waals surface area (Å²) in [6.07, 6.45) is 2.76. The van der Waals surface area contributed by atoms with Crippen molar-refractivity contribution in [3.8, 4) is 22.8 Å². The molecule has 2 atom stereocenters. The molecule has 9 heteroatoms. The molecule has 0 radical (unpaired) electrons. The lowest BCUT2D eigenvalue weighted by atomic mass is 10.1. The topological polar surface area (TPSA) is 120 Å². The largest absolute Gasteiger partial charge is 0.457 e. The predicted octanol–water partition coefficient (Wildman–Crippen LogP) is 3.60. The number of aliphatic hydroxyl groups excluding tert-OH is 1. The van der Waals surface area contributed by atoms with E-state index in [1.165, 1.54) is 0 Å². The van der Waals surface area contributed by atoms with Crippen LogP contribution < -0.4 is 16.2 Å². The molecule has 1 fully saturated rings. The molecule has 3 aromatic rings. The number of anilines is 1. The number of amides is 1. The lowest BCUT2D eigenvalue weighted by Crippen LogP contribution is -2.27. The summed E-state index contributed by atoms with van der Waals surface area (Å²) in [7, 11) is 0. The number of hydrogen-bond donors (Lipinski definition) is 3. The van der Waals surface area contributed by atoms with E-state index in [0.29, 0.717) is 47.7 Å². The number of aliphatic hydroxyl groups is 1. The van der Waals surface area contributed by atoms with Crippen molar-refractivity contribution in [3.05, 3.63) is 72.3 Å². The number of aromatic nitrogens is 2.